The molecule has 0 bridgehead atoms. The van der Waals surface area contributed by atoms with Gasteiger partial charge >= 0.3 is 0 Å². The maximum atomic E-state index is 7.53. The minimum Gasteiger partial charge on any atom is -0.341 e. The largest absolute Gasteiger partial charge is 0.341 e. The lowest BCUT2D eigenvalue weighted by atomic mass is 9.69. The van der Waals surface area contributed by atoms with E-state index in [-0.39, 0.29) is 104 Å². The van der Waals surface area contributed by atoms with Crippen LogP contribution in [0.25, 0.3) is 0 Å². The van der Waals surface area contributed by atoms with Gasteiger partial charge in [-0.2, -0.15) is 70.2 Å². The van der Waals surface area contributed by atoms with Crippen molar-refractivity contribution in [2.75, 3.05) is 138 Å². The van der Waals surface area contributed by atoms with Gasteiger partial charge in [0.2, 0.25) is 47.6 Å². The van der Waals surface area contributed by atoms with Gasteiger partial charge in [-0.15, -0.1) is 0 Å². The standard InChI is InChI=1S/C120H226N22O5/c1-33-45-68-101(94-84-111(13,14)138(143-81-42-10)112(15,16)85-94)102-121-107(134(97-90-117(25,26)141(118(27,28)91-97)146-99-64-56-54-57-65-99)77-60-62-79-136(95-86-113(17,18)139(144-82-43-11)114(19,20)87-95)109-125-103(130(69-46-34-2)70-47-35-3)123-104(126-109)131(71-48-36-4)72-49-37-5)129-108(122-102)135(98-92-119(29,30)142(120(31,32)93-98)147-100-66-58-55-59-67-100)78-61-63-80-137(96-88-115(21,22)140(145-83-44-12)116(23,24)89-96)110-127-105(132(73-50-38-6)74-51-39-7)124-106(128-110)133(75-52-40-8)76-53-41-9/h94-101H,33-93H2,1-32H3. The summed E-state index contributed by atoms with van der Waals surface area (Å²) in [7, 11) is 0. The van der Waals surface area contributed by atoms with Gasteiger partial charge in [0.15, 0.2) is 0 Å². The number of hydrogen-bond acceptors (Lipinski definition) is 27. The molecule has 10 rings (SSSR count). The van der Waals surface area contributed by atoms with E-state index >= 15 is 0 Å². The first-order valence-corrected chi connectivity index (χ1v) is 61.4. The molecule has 0 radical (unpaired) electrons. The summed E-state index contributed by atoms with van der Waals surface area (Å²) in [6.45, 7) is 88.8. The van der Waals surface area contributed by atoms with Crippen molar-refractivity contribution in [2.45, 2.75) is 615 Å². The van der Waals surface area contributed by atoms with Crippen molar-refractivity contribution in [3.8, 4) is 0 Å². The van der Waals surface area contributed by atoms with Crippen molar-refractivity contribution in [3.05, 3.63) is 5.82 Å². The number of unbranched alkanes of at least 4 members (excludes halogenated alkanes) is 11. The molecule has 5 aliphatic heterocycles. The number of hydroxylamine groups is 10. The van der Waals surface area contributed by atoms with Crippen LogP contribution in [0.5, 0.6) is 0 Å². The number of nitrogens with zero attached hydrogens (tertiary/aromatic N) is 22. The summed E-state index contributed by atoms with van der Waals surface area (Å²) in [4.78, 5) is 111. The fourth-order valence-electron chi connectivity index (χ4n) is 27.4. The van der Waals surface area contributed by atoms with Crippen LogP contribution in [0.3, 0.4) is 0 Å². The average Bonchev–Trinajstić information content (AvgIpc) is 0.383. The van der Waals surface area contributed by atoms with Crippen molar-refractivity contribution >= 4 is 47.6 Å². The monoisotopic (exact) mass is 2060 g/mol. The van der Waals surface area contributed by atoms with E-state index in [1.165, 1.54) is 38.5 Å². The molecule has 8 heterocycles. The Balaban J connectivity index is 1.22. The third kappa shape index (κ3) is 34.0. The van der Waals surface area contributed by atoms with Gasteiger partial charge < -0.3 is 39.2 Å². The Morgan fingerprint density at radius 3 is 0.660 bits per heavy atom. The Labute approximate surface area is 900 Å². The minimum absolute atomic E-state index is 0.0183. The Morgan fingerprint density at radius 2 is 0.435 bits per heavy atom. The lowest BCUT2D eigenvalue weighted by Crippen LogP contribution is -2.65. The smallest absolute Gasteiger partial charge is 0.232 e. The maximum absolute atomic E-state index is 7.53. The summed E-state index contributed by atoms with van der Waals surface area (Å²) in [5, 5.41) is 12.1. The molecule has 846 valence electrons. The second-order valence-electron chi connectivity index (χ2n) is 52.7. The maximum Gasteiger partial charge on any atom is 0.232 e. The summed E-state index contributed by atoms with van der Waals surface area (Å²) in [6.07, 6.45) is 47.8. The molecule has 27 nitrogen and oxygen atoms in total. The van der Waals surface area contributed by atoms with Crippen molar-refractivity contribution in [2.24, 2.45) is 5.92 Å². The molecule has 0 amide bonds. The van der Waals surface area contributed by atoms with E-state index in [0.717, 1.165) is 389 Å². The van der Waals surface area contributed by atoms with Gasteiger partial charge in [-0.1, -0.05) is 186 Å². The van der Waals surface area contributed by atoms with Crippen molar-refractivity contribution in [3.63, 3.8) is 0 Å². The zero-order chi connectivity index (χ0) is 107. The van der Waals surface area contributed by atoms with Crippen LogP contribution in [-0.2, 0) is 24.2 Å². The number of piperidine rings is 5. The highest BCUT2D eigenvalue weighted by molar-refractivity contribution is 5.51. The first-order chi connectivity index (χ1) is 69.8. The fraction of sp³-hybridized carbons (Fsp3) is 0.925. The lowest BCUT2D eigenvalue weighted by molar-refractivity contribution is -0.310. The van der Waals surface area contributed by atoms with Crippen LogP contribution in [-0.4, -0.2) is 260 Å². The van der Waals surface area contributed by atoms with Gasteiger partial charge in [-0.25, -0.2) is 0 Å². The third-order valence-electron chi connectivity index (χ3n) is 33.7. The van der Waals surface area contributed by atoms with E-state index in [0.29, 0.717) is 19.8 Å². The second-order valence-corrected chi connectivity index (χ2v) is 52.7. The molecule has 147 heavy (non-hydrogen) atoms. The zero-order valence-electron chi connectivity index (χ0n) is 101. The van der Waals surface area contributed by atoms with Gasteiger partial charge in [0, 0.05) is 164 Å². The van der Waals surface area contributed by atoms with Crippen LogP contribution in [0.2, 0.25) is 0 Å². The number of rotatable bonds is 64. The predicted octanol–water partition coefficient (Wildman–Crippen LogP) is 28.2. The molecule has 3 aromatic heterocycles. The first-order valence-electron chi connectivity index (χ1n) is 61.4. The zero-order valence-corrected chi connectivity index (χ0v) is 101. The summed E-state index contributed by atoms with van der Waals surface area (Å²) < 4.78 is 0. The number of anilines is 8. The average molecular weight is 2060 g/mol. The molecule has 3 aromatic rings. The first kappa shape index (κ1) is 124. The van der Waals surface area contributed by atoms with E-state index in [4.69, 9.17) is 69.0 Å². The molecule has 1 atom stereocenters. The van der Waals surface area contributed by atoms with Crippen LogP contribution in [0.1, 0.15) is 529 Å². The molecule has 7 fully saturated rings. The van der Waals surface area contributed by atoms with Crippen LogP contribution in [0.15, 0.2) is 0 Å². The quantitative estimate of drug-likeness (QED) is 0.0482. The lowest BCUT2D eigenvalue weighted by Gasteiger charge is -2.57. The topological polar surface area (TPSA) is 204 Å². The molecule has 7 aliphatic rings. The van der Waals surface area contributed by atoms with Crippen molar-refractivity contribution < 1.29 is 24.2 Å². The van der Waals surface area contributed by atoms with Crippen molar-refractivity contribution in [1.82, 2.24) is 70.2 Å². The Hall–Kier alpha value is -4.97. The SMILES string of the molecule is CCCCC(c1nc(N(CCCCN(c2nc(N(CCCC)CCCC)nc(N(CCCC)CCCC)n2)C2CC(C)(C)N(OCCC)C(C)(C)C2)C2CC(C)(C)N(OC3CCCCC3)C(C)(C)C2)nc(N(CCCCN(c2nc(N(CCCC)CCCC)nc(N(CCCC)CCCC)n2)C2CC(C)(C)N(OCCC)C(C)(C)C2)C2CC(C)(C)N(OC3CCCCC3)C(C)(C)C2)n1)C1CC(C)(C)N(OCCC)C(C)(C)C1. The molecular weight excluding hydrogens is 1830 g/mol. The molecule has 2 aliphatic carbocycles. The Kier molecular flexibility index (Phi) is 48.1. The predicted molar refractivity (Wildman–Crippen MR) is 617 cm³/mol. The van der Waals surface area contributed by atoms with Gasteiger partial charge in [0.05, 0.1) is 32.0 Å². The summed E-state index contributed by atoms with van der Waals surface area (Å²) in [5.41, 5.74) is -3.28. The Bertz CT molecular complexity index is 3820. The molecule has 0 spiro atoms. The van der Waals surface area contributed by atoms with Crippen molar-refractivity contribution in [1.29, 1.82) is 0 Å². The molecule has 0 N–H and O–H groups in total. The molecule has 5 saturated heterocycles. The van der Waals surface area contributed by atoms with E-state index in [2.05, 4.69) is 286 Å². The van der Waals surface area contributed by atoms with Gasteiger partial charge in [0.25, 0.3) is 0 Å². The third-order valence-corrected chi connectivity index (χ3v) is 33.7. The van der Waals surface area contributed by atoms with Gasteiger partial charge in [-0.3, -0.25) is 24.2 Å². The highest BCUT2D eigenvalue weighted by atomic mass is 16.7. The second kappa shape index (κ2) is 57.1. The summed E-state index contributed by atoms with van der Waals surface area (Å²) in [5.74, 6) is 7.72. The molecule has 1 unspecified atom stereocenters. The van der Waals surface area contributed by atoms with E-state index in [1.54, 1.807) is 0 Å². The summed E-state index contributed by atoms with van der Waals surface area (Å²) in [6, 6.07) is 0.218. The van der Waals surface area contributed by atoms with Crippen LogP contribution >= 0.6 is 0 Å². The normalized spacial score (nSPS) is 21.6. The van der Waals surface area contributed by atoms with Crippen LogP contribution < -0.4 is 39.2 Å². The van der Waals surface area contributed by atoms with E-state index in [9.17, 15) is 0 Å². The van der Waals surface area contributed by atoms with Crippen LogP contribution in [0, 0.1) is 5.92 Å². The van der Waals surface area contributed by atoms with Gasteiger partial charge in [-0.05, 0) is 337 Å². The van der Waals surface area contributed by atoms with Crippen LogP contribution in [0.4, 0.5) is 47.6 Å². The highest BCUT2D eigenvalue weighted by Crippen LogP contribution is 2.52. The summed E-state index contributed by atoms with van der Waals surface area (Å²) >= 11 is 0. The van der Waals surface area contributed by atoms with Gasteiger partial charge in [0.1, 0.15) is 5.82 Å². The highest BCUT2D eigenvalue weighted by Gasteiger charge is 2.56. The molecule has 0 aromatic carbocycles. The van der Waals surface area contributed by atoms with E-state index in [1.807, 2.05) is 0 Å². The molecular formula is C120H226N22O5. The van der Waals surface area contributed by atoms with E-state index < -0.39 is 0 Å². The number of hydrogen-bond donors (Lipinski definition) is 0. The molecule has 2 saturated carbocycles. The fourth-order valence-corrected chi connectivity index (χ4v) is 27.4. The Morgan fingerprint density at radius 1 is 0.231 bits per heavy atom. The number of aromatic nitrogens is 9. The molecule has 27 heteroatoms. The minimum atomic E-state index is -0.368.